The zero-order valence-corrected chi connectivity index (χ0v) is 21.7. The van der Waals surface area contributed by atoms with Gasteiger partial charge in [-0.25, -0.2) is 9.97 Å². The lowest BCUT2D eigenvalue weighted by atomic mass is 10.1. The maximum Gasteiger partial charge on any atom is 0.253 e. The highest BCUT2D eigenvalue weighted by molar-refractivity contribution is 5.97. The Labute approximate surface area is 230 Å². The Morgan fingerprint density at radius 1 is 0.550 bits per heavy atom. The summed E-state index contributed by atoms with van der Waals surface area (Å²) < 4.78 is 3.93. The van der Waals surface area contributed by atoms with Gasteiger partial charge in [0, 0.05) is 73.2 Å². The van der Waals surface area contributed by atoms with Crippen LogP contribution in [-0.2, 0) is 0 Å². The van der Waals surface area contributed by atoms with Gasteiger partial charge in [-0.1, -0.05) is 36.4 Å². The minimum absolute atomic E-state index is 0.0356. The first kappa shape index (κ1) is 23.8. The summed E-state index contributed by atoms with van der Waals surface area (Å²) in [5.74, 6) is -0.0712. The van der Waals surface area contributed by atoms with Crippen molar-refractivity contribution in [1.82, 2.24) is 28.6 Å². The van der Waals surface area contributed by atoms with Gasteiger partial charge in [0.05, 0.1) is 11.4 Å². The highest BCUT2D eigenvalue weighted by Gasteiger charge is 2.26. The third kappa shape index (κ3) is 4.39. The van der Waals surface area contributed by atoms with E-state index in [4.69, 9.17) is 0 Å². The summed E-state index contributed by atoms with van der Waals surface area (Å²) in [5, 5.41) is 0. The van der Waals surface area contributed by atoms with Gasteiger partial charge in [-0.05, 0) is 48.5 Å². The molecule has 5 heterocycles. The monoisotopic (exact) mass is 526 g/mol. The van der Waals surface area contributed by atoms with E-state index in [2.05, 4.69) is 9.97 Å². The first-order valence-electron chi connectivity index (χ1n) is 13.3. The molecule has 2 amide bonds. The van der Waals surface area contributed by atoms with Crippen LogP contribution in [-0.4, -0.2) is 66.6 Å². The number of piperazine rings is 1. The van der Waals surface area contributed by atoms with Crippen LogP contribution in [0.15, 0.2) is 110 Å². The maximum absolute atomic E-state index is 13.4. The number of amides is 2. The predicted molar refractivity (Wildman–Crippen MR) is 153 cm³/mol. The molecule has 0 atom stereocenters. The molecule has 4 aromatic heterocycles. The molecule has 0 radical (unpaired) electrons. The first-order valence-corrected chi connectivity index (χ1v) is 13.3. The van der Waals surface area contributed by atoms with Crippen molar-refractivity contribution in [3.8, 4) is 22.5 Å². The third-order valence-corrected chi connectivity index (χ3v) is 7.39. The highest BCUT2D eigenvalue weighted by Crippen LogP contribution is 2.23. The molecule has 2 aromatic carbocycles. The Bertz CT molecular complexity index is 1680. The second-order valence-electron chi connectivity index (χ2n) is 9.93. The number of pyridine rings is 2. The first-order chi connectivity index (χ1) is 19.6. The van der Waals surface area contributed by atoms with Crippen molar-refractivity contribution >= 4 is 23.1 Å². The summed E-state index contributed by atoms with van der Waals surface area (Å²) in [5.41, 5.74) is 6.40. The van der Waals surface area contributed by atoms with Gasteiger partial charge < -0.3 is 18.6 Å². The summed E-state index contributed by atoms with van der Waals surface area (Å²) in [7, 11) is 0. The van der Waals surface area contributed by atoms with Gasteiger partial charge in [0.25, 0.3) is 11.8 Å². The quantitative estimate of drug-likeness (QED) is 0.327. The van der Waals surface area contributed by atoms with E-state index >= 15 is 0 Å². The van der Waals surface area contributed by atoms with Crippen LogP contribution in [0.4, 0.5) is 0 Å². The van der Waals surface area contributed by atoms with Gasteiger partial charge in [0.2, 0.25) is 0 Å². The second kappa shape index (κ2) is 9.81. The smallest absolute Gasteiger partial charge is 0.253 e. The molecular weight excluding hydrogens is 500 g/mol. The van der Waals surface area contributed by atoms with Crippen LogP contribution >= 0.6 is 0 Å². The fraction of sp³-hybridized carbons (Fsp3) is 0.125. The molecule has 1 saturated heterocycles. The van der Waals surface area contributed by atoms with E-state index in [9.17, 15) is 9.59 Å². The van der Waals surface area contributed by atoms with Crippen LogP contribution in [0.5, 0.6) is 0 Å². The molecule has 1 aliphatic heterocycles. The third-order valence-electron chi connectivity index (χ3n) is 7.39. The molecule has 8 nitrogen and oxygen atoms in total. The Balaban J connectivity index is 1.03. The SMILES string of the molecule is O=C(c1cccc(-c2cn3ccccc3n2)c1)N1CCN(C(=O)c2cccc(-c3cn4ccccc4n3)c2)CC1. The summed E-state index contributed by atoms with van der Waals surface area (Å²) in [6.07, 6.45) is 7.84. The van der Waals surface area contributed by atoms with E-state index in [-0.39, 0.29) is 11.8 Å². The number of hydrogen-bond donors (Lipinski definition) is 0. The molecule has 6 aromatic rings. The van der Waals surface area contributed by atoms with Crippen LogP contribution < -0.4 is 0 Å². The number of fused-ring (bicyclic) bond motifs is 2. The van der Waals surface area contributed by atoms with E-state index in [1.54, 1.807) is 0 Å². The van der Waals surface area contributed by atoms with Gasteiger partial charge in [0.15, 0.2) is 0 Å². The Morgan fingerprint density at radius 3 is 1.43 bits per heavy atom. The number of aromatic nitrogens is 4. The molecule has 1 fully saturated rings. The summed E-state index contributed by atoms with van der Waals surface area (Å²) in [4.78, 5) is 39.7. The number of imidazole rings is 2. The van der Waals surface area contributed by atoms with Crippen molar-refractivity contribution in [2.45, 2.75) is 0 Å². The topological polar surface area (TPSA) is 75.2 Å². The maximum atomic E-state index is 13.4. The van der Waals surface area contributed by atoms with Gasteiger partial charge in [-0.15, -0.1) is 0 Å². The predicted octanol–water partition coefficient (Wildman–Crippen LogP) is 4.91. The number of carbonyl (C=O) groups excluding carboxylic acids is 2. The van der Waals surface area contributed by atoms with Crippen molar-refractivity contribution in [2.75, 3.05) is 26.2 Å². The van der Waals surface area contributed by atoms with E-state index in [0.29, 0.717) is 37.3 Å². The van der Waals surface area contributed by atoms with Crippen molar-refractivity contribution in [3.63, 3.8) is 0 Å². The fourth-order valence-electron chi connectivity index (χ4n) is 5.25. The molecule has 0 N–H and O–H groups in total. The summed E-state index contributed by atoms with van der Waals surface area (Å²) in [6, 6.07) is 26.9. The number of hydrogen-bond acceptors (Lipinski definition) is 4. The van der Waals surface area contributed by atoms with Crippen LogP contribution in [0.1, 0.15) is 20.7 Å². The molecule has 0 aliphatic carbocycles. The van der Waals surface area contributed by atoms with Gasteiger partial charge in [-0.3, -0.25) is 9.59 Å². The van der Waals surface area contributed by atoms with Crippen LogP contribution in [0.3, 0.4) is 0 Å². The van der Waals surface area contributed by atoms with E-state index in [0.717, 1.165) is 33.8 Å². The van der Waals surface area contributed by atoms with Gasteiger partial charge >= 0.3 is 0 Å². The number of carbonyl (C=O) groups is 2. The van der Waals surface area contributed by atoms with Crippen LogP contribution in [0.25, 0.3) is 33.8 Å². The van der Waals surface area contributed by atoms with Crippen LogP contribution in [0.2, 0.25) is 0 Å². The highest BCUT2D eigenvalue weighted by atomic mass is 16.2. The number of nitrogens with zero attached hydrogens (tertiary/aromatic N) is 6. The zero-order valence-electron chi connectivity index (χ0n) is 21.7. The van der Waals surface area contributed by atoms with Gasteiger partial charge in [0.1, 0.15) is 11.3 Å². The fourth-order valence-corrected chi connectivity index (χ4v) is 5.25. The average Bonchev–Trinajstić information content (AvgIpc) is 3.65. The van der Waals surface area contributed by atoms with Crippen molar-refractivity contribution in [3.05, 3.63) is 121 Å². The van der Waals surface area contributed by atoms with E-state index in [1.807, 2.05) is 128 Å². The number of rotatable bonds is 4. The number of benzene rings is 2. The molecule has 0 saturated carbocycles. The summed E-state index contributed by atoms with van der Waals surface area (Å²) in [6.45, 7) is 1.93. The molecule has 0 unspecified atom stereocenters. The largest absolute Gasteiger partial charge is 0.335 e. The lowest BCUT2D eigenvalue weighted by molar-refractivity contribution is 0.0535. The minimum Gasteiger partial charge on any atom is -0.335 e. The van der Waals surface area contributed by atoms with Crippen molar-refractivity contribution in [2.24, 2.45) is 0 Å². The Hall–Kier alpha value is -5.24. The van der Waals surface area contributed by atoms with Gasteiger partial charge in [-0.2, -0.15) is 0 Å². The molecule has 7 rings (SSSR count). The molecule has 8 heteroatoms. The normalized spacial score (nSPS) is 13.7. The van der Waals surface area contributed by atoms with Crippen molar-refractivity contribution in [1.29, 1.82) is 0 Å². The minimum atomic E-state index is -0.0356. The van der Waals surface area contributed by atoms with Crippen LogP contribution in [0, 0.1) is 0 Å². The zero-order chi connectivity index (χ0) is 27.1. The summed E-state index contributed by atoms with van der Waals surface area (Å²) >= 11 is 0. The standard InChI is InChI=1S/C32H26N6O2/c39-31(25-9-5-7-23(19-25)27-21-37-13-3-1-11-29(37)33-27)35-15-17-36(18-16-35)32(40)26-10-6-8-24(20-26)28-22-38-14-4-2-12-30(38)34-28/h1-14,19-22H,15-18H2. The molecule has 40 heavy (non-hydrogen) atoms. The molecule has 0 spiro atoms. The van der Waals surface area contributed by atoms with Crippen molar-refractivity contribution < 1.29 is 9.59 Å². The average molecular weight is 527 g/mol. The van der Waals surface area contributed by atoms with E-state index in [1.165, 1.54) is 0 Å². The Morgan fingerprint density at radius 2 is 1.00 bits per heavy atom. The van der Waals surface area contributed by atoms with E-state index < -0.39 is 0 Å². The molecule has 1 aliphatic rings. The lowest BCUT2D eigenvalue weighted by Gasteiger charge is -2.35. The molecule has 0 bridgehead atoms. The second-order valence-corrected chi connectivity index (χ2v) is 9.93. The lowest BCUT2D eigenvalue weighted by Crippen LogP contribution is -2.50. The molecular formula is C32H26N6O2. The molecule has 196 valence electrons. The Kier molecular flexibility index (Phi) is 5.85.